The van der Waals surface area contributed by atoms with Gasteiger partial charge in [0.2, 0.25) is 0 Å². The molecule has 0 fully saturated rings. The minimum atomic E-state index is -0.571. The summed E-state index contributed by atoms with van der Waals surface area (Å²) in [5.41, 5.74) is 1.97. The monoisotopic (exact) mass is 379 g/mol. The van der Waals surface area contributed by atoms with E-state index in [2.05, 4.69) is 11.9 Å². The predicted molar refractivity (Wildman–Crippen MR) is 110 cm³/mol. The number of carbonyl (C=O) groups is 2. The number of rotatable bonds is 10. The van der Waals surface area contributed by atoms with Crippen LogP contribution in [0.2, 0.25) is 0 Å². The first-order chi connectivity index (χ1) is 13.6. The van der Waals surface area contributed by atoms with E-state index >= 15 is 0 Å². The van der Waals surface area contributed by atoms with E-state index in [0.717, 1.165) is 16.9 Å². The molecule has 0 bridgehead atoms. The fourth-order valence-electron chi connectivity index (χ4n) is 2.40. The molecule has 0 heterocycles. The zero-order valence-electron chi connectivity index (χ0n) is 16.0. The Hall–Kier alpha value is -3.34. The summed E-state index contributed by atoms with van der Waals surface area (Å²) in [5.74, 6) is 0.00620. The van der Waals surface area contributed by atoms with Crippen LogP contribution >= 0.6 is 0 Å². The summed E-state index contributed by atoms with van der Waals surface area (Å²) < 4.78 is 10.4. The van der Waals surface area contributed by atoms with E-state index in [9.17, 15) is 9.59 Å². The van der Waals surface area contributed by atoms with Crippen molar-refractivity contribution in [3.8, 4) is 5.75 Å². The van der Waals surface area contributed by atoms with Crippen molar-refractivity contribution >= 4 is 18.0 Å². The number of esters is 1. The average Bonchev–Trinajstić information content (AvgIpc) is 2.74. The Balaban J connectivity index is 1.70. The van der Waals surface area contributed by atoms with Gasteiger partial charge in [0.1, 0.15) is 12.4 Å². The largest absolute Gasteiger partial charge is 0.490 e. The third-order valence-electron chi connectivity index (χ3n) is 3.98. The maximum Gasteiger partial charge on any atom is 0.331 e. The first kappa shape index (κ1) is 21.0. The highest BCUT2D eigenvalue weighted by Gasteiger charge is 2.09. The molecule has 2 aromatic carbocycles. The van der Waals surface area contributed by atoms with Crippen molar-refractivity contribution in [3.63, 3.8) is 0 Å². The van der Waals surface area contributed by atoms with Crippen LogP contribution in [0.25, 0.3) is 6.08 Å². The van der Waals surface area contributed by atoms with E-state index in [1.165, 1.54) is 6.08 Å². The number of carbonyl (C=O) groups excluding carboxylic acids is 2. The molecule has 0 aromatic heterocycles. The van der Waals surface area contributed by atoms with Crippen molar-refractivity contribution in [3.05, 3.63) is 84.5 Å². The van der Waals surface area contributed by atoms with Crippen LogP contribution in [0.15, 0.2) is 73.3 Å². The third kappa shape index (κ3) is 7.50. The highest BCUT2D eigenvalue weighted by Crippen LogP contribution is 2.14. The van der Waals surface area contributed by atoms with Gasteiger partial charge in [-0.15, -0.1) is 0 Å². The number of amides is 1. The summed E-state index contributed by atoms with van der Waals surface area (Å²) in [6.07, 6.45) is 4.58. The lowest BCUT2D eigenvalue weighted by atomic mass is 10.0. The minimum Gasteiger partial charge on any atom is -0.490 e. The molecule has 5 nitrogen and oxygen atoms in total. The van der Waals surface area contributed by atoms with Gasteiger partial charge in [0, 0.05) is 12.6 Å². The SMILES string of the molecule is C=CCOc1ccc(/C=C/C(=O)OCC(=O)NC[C@H](C)c2ccccc2)cc1. The second-order valence-electron chi connectivity index (χ2n) is 6.23. The van der Waals surface area contributed by atoms with Gasteiger partial charge in [0.05, 0.1) is 0 Å². The van der Waals surface area contributed by atoms with Crippen molar-refractivity contribution in [2.24, 2.45) is 0 Å². The van der Waals surface area contributed by atoms with Crippen LogP contribution in [0.4, 0.5) is 0 Å². The number of hydrogen-bond acceptors (Lipinski definition) is 4. The van der Waals surface area contributed by atoms with E-state index in [0.29, 0.717) is 13.2 Å². The number of ether oxygens (including phenoxy) is 2. The van der Waals surface area contributed by atoms with Gasteiger partial charge >= 0.3 is 5.97 Å². The molecule has 0 saturated heterocycles. The molecule has 1 atom stereocenters. The maximum absolute atomic E-state index is 11.8. The standard InChI is InChI=1S/C23H25NO4/c1-3-15-27-21-12-9-19(10-13-21)11-14-23(26)28-17-22(25)24-16-18(2)20-7-5-4-6-8-20/h3-14,18H,1,15-17H2,2H3,(H,24,25)/b14-11+/t18-/m0/s1. The summed E-state index contributed by atoms with van der Waals surface area (Å²) in [6, 6.07) is 17.1. The Morgan fingerprint density at radius 2 is 1.82 bits per heavy atom. The summed E-state index contributed by atoms with van der Waals surface area (Å²) in [5, 5.41) is 2.77. The van der Waals surface area contributed by atoms with Gasteiger partial charge in [0.25, 0.3) is 5.91 Å². The fourth-order valence-corrected chi connectivity index (χ4v) is 2.40. The van der Waals surface area contributed by atoms with Crippen molar-refractivity contribution in [2.75, 3.05) is 19.8 Å². The smallest absolute Gasteiger partial charge is 0.331 e. The zero-order chi connectivity index (χ0) is 20.2. The molecule has 2 aromatic rings. The second kappa shape index (κ2) is 11.4. The molecule has 5 heteroatoms. The summed E-state index contributed by atoms with van der Waals surface area (Å²) in [6.45, 7) is 6.23. The molecular weight excluding hydrogens is 354 g/mol. The maximum atomic E-state index is 11.8. The van der Waals surface area contributed by atoms with Gasteiger partial charge in [-0.3, -0.25) is 4.79 Å². The van der Waals surface area contributed by atoms with Crippen LogP contribution in [0, 0.1) is 0 Å². The molecule has 0 saturated carbocycles. The van der Waals surface area contributed by atoms with Gasteiger partial charge < -0.3 is 14.8 Å². The lowest BCUT2D eigenvalue weighted by Crippen LogP contribution is -2.31. The Kier molecular flexibility index (Phi) is 8.53. The van der Waals surface area contributed by atoms with Gasteiger partial charge in [-0.1, -0.05) is 62.0 Å². The number of benzene rings is 2. The molecule has 28 heavy (non-hydrogen) atoms. The Morgan fingerprint density at radius 1 is 1.11 bits per heavy atom. The van der Waals surface area contributed by atoms with E-state index in [-0.39, 0.29) is 18.4 Å². The van der Waals surface area contributed by atoms with Crippen LogP contribution in [-0.2, 0) is 14.3 Å². The normalized spacial score (nSPS) is 11.6. The lowest BCUT2D eigenvalue weighted by molar-refractivity contribution is -0.143. The van der Waals surface area contributed by atoms with Gasteiger partial charge in [0.15, 0.2) is 6.61 Å². The van der Waals surface area contributed by atoms with Crippen LogP contribution < -0.4 is 10.1 Å². The molecule has 1 amide bonds. The molecular formula is C23H25NO4. The van der Waals surface area contributed by atoms with E-state index in [1.807, 2.05) is 49.4 Å². The van der Waals surface area contributed by atoms with Crippen molar-refractivity contribution in [2.45, 2.75) is 12.8 Å². The number of hydrogen-bond donors (Lipinski definition) is 1. The van der Waals surface area contributed by atoms with Gasteiger partial charge in [-0.25, -0.2) is 4.79 Å². The Labute approximate surface area is 165 Å². The quantitative estimate of drug-likeness (QED) is 0.388. The molecule has 0 spiro atoms. The van der Waals surface area contributed by atoms with Crippen LogP contribution in [0.1, 0.15) is 24.0 Å². The van der Waals surface area contributed by atoms with Crippen LogP contribution in [0.3, 0.4) is 0 Å². The Morgan fingerprint density at radius 3 is 2.50 bits per heavy atom. The first-order valence-corrected chi connectivity index (χ1v) is 9.08. The summed E-state index contributed by atoms with van der Waals surface area (Å²) in [4.78, 5) is 23.6. The molecule has 0 unspecified atom stereocenters. The average molecular weight is 379 g/mol. The molecule has 0 aliphatic rings. The van der Waals surface area contributed by atoms with E-state index in [1.54, 1.807) is 24.3 Å². The summed E-state index contributed by atoms with van der Waals surface area (Å²) >= 11 is 0. The molecule has 2 rings (SSSR count). The van der Waals surface area contributed by atoms with E-state index in [4.69, 9.17) is 9.47 Å². The fraction of sp³-hybridized carbons (Fsp3) is 0.217. The molecule has 146 valence electrons. The topological polar surface area (TPSA) is 64.6 Å². The molecule has 0 aliphatic carbocycles. The molecule has 1 N–H and O–H groups in total. The molecule has 0 radical (unpaired) electrons. The minimum absolute atomic E-state index is 0.180. The first-order valence-electron chi connectivity index (χ1n) is 9.08. The second-order valence-corrected chi connectivity index (χ2v) is 6.23. The highest BCUT2D eigenvalue weighted by molar-refractivity contribution is 5.89. The van der Waals surface area contributed by atoms with Crippen LogP contribution in [0.5, 0.6) is 5.75 Å². The van der Waals surface area contributed by atoms with Gasteiger partial charge in [-0.05, 0) is 35.3 Å². The van der Waals surface area contributed by atoms with Crippen molar-refractivity contribution < 1.29 is 19.1 Å². The Bertz CT molecular complexity index is 797. The van der Waals surface area contributed by atoms with Crippen LogP contribution in [-0.4, -0.2) is 31.6 Å². The third-order valence-corrected chi connectivity index (χ3v) is 3.98. The van der Waals surface area contributed by atoms with Crippen molar-refractivity contribution in [1.82, 2.24) is 5.32 Å². The molecule has 0 aliphatic heterocycles. The highest BCUT2D eigenvalue weighted by atomic mass is 16.5. The summed E-state index contributed by atoms with van der Waals surface area (Å²) in [7, 11) is 0. The lowest BCUT2D eigenvalue weighted by Gasteiger charge is -2.12. The zero-order valence-corrected chi connectivity index (χ0v) is 16.0. The number of nitrogens with one attached hydrogen (secondary N) is 1. The van der Waals surface area contributed by atoms with Crippen molar-refractivity contribution in [1.29, 1.82) is 0 Å². The predicted octanol–water partition coefficient (Wildman–Crippen LogP) is 3.73. The van der Waals surface area contributed by atoms with Gasteiger partial charge in [-0.2, -0.15) is 0 Å². The van der Waals surface area contributed by atoms with E-state index < -0.39 is 5.97 Å².